The highest BCUT2D eigenvalue weighted by Crippen LogP contribution is 2.30. The van der Waals surface area contributed by atoms with Crippen molar-refractivity contribution in [1.29, 1.82) is 0 Å². The number of benzene rings is 1. The van der Waals surface area contributed by atoms with Gasteiger partial charge >= 0.3 is 6.03 Å². The summed E-state index contributed by atoms with van der Waals surface area (Å²) in [7, 11) is 1.70. The molecule has 0 aliphatic carbocycles. The Hall–Kier alpha value is -3.76. The second-order valence-corrected chi connectivity index (χ2v) is 7.97. The number of nitrogens with zero attached hydrogens (tertiary/aromatic N) is 7. The van der Waals surface area contributed by atoms with Crippen LogP contribution >= 0.6 is 0 Å². The average molecular weight is 439 g/mol. The lowest BCUT2D eigenvalue weighted by Crippen LogP contribution is -2.38. The highest BCUT2D eigenvalue weighted by atomic mass is 16.6. The number of urea groups is 1. The summed E-state index contributed by atoms with van der Waals surface area (Å²) < 4.78 is 0. The first-order valence-corrected chi connectivity index (χ1v) is 10.5. The van der Waals surface area contributed by atoms with Gasteiger partial charge in [0.15, 0.2) is 0 Å². The monoisotopic (exact) mass is 439 g/mol. The van der Waals surface area contributed by atoms with E-state index in [1.54, 1.807) is 35.9 Å². The molecule has 11 heteroatoms. The van der Waals surface area contributed by atoms with Gasteiger partial charge in [-0.05, 0) is 18.6 Å². The van der Waals surface area contributed by atoms with E-state index in [-0.39, 0.29) is 24.2 Å². The van der Waals surface area contributed by atoms with Gasteiger partial charge in [0.1, 0.15) is 12.1 Å². The molecule has 1 aromatic heterocycles. The first-order valence-electron chi connectivity index (χ1n) is 10.5. The van der Waals surface area contributed by atoms with Crippen LogP contribution in [0.4, 0.5) is 22.0 Å². The number of nitro groups is 1. The number of aromatic nitrogens is 2. The first kappa shape index (κ1) is 21.5. The lowest BCUT2D eigenvalue weighted by molar-refractivity contribution is -0.384. The number of amides is 3. The zero-order valence-corrected chi connectivity index (χ0v) is 18.1. The topological polar surface area (TPSA) is 116 Å². The highest BCUT2D eigenvalue weighted by Gasteiger charge is 2.30. The molecule has 32 heavy (non-hydrogen) atoms. The molecule has 2 aliphatic rings. The van der Waals surface area contributed by atoms with Crippen molar-refractivity contribution in [2.24, 2.45) is 0 Å². The molecule has 0 atom stereocenters. The molecule has 0 spiro atoms. The third-order valence-electron chi connectivity index (χ3n) is 5.89. The first-order chi connectivity index (χ1) is 15.3. The van der Waals surface area contributed by atoms with Crippen LogP contribution in [-0.4, -0.2) is 69.9 Å². The van der Waals surface area contributed by atoms with E-state index in [0.29, 0.717) is 31.9 Å². The molecule has 4 rings (SSSR count). The van der Waals surface area contributed by atoms with Crippen molar-refractivity contribution < 1.29 is 14.5 Å². The summed E-state index contributed by atoms with van der Waals surface area (Å²) in [5.41, 5.74) is 2.14. The Morgan fingerprint density at radius 1 is 1.06 bits per heavy atom. The molecule has 0 radical (unpaired) electrons. The average Bonchev–Trinajstić information content (AvgIpc) is 3.10. The molecule has 0 bridgehead atoms. The molecule has 1 saturated heterocycles. The van der Waals surface area contributed by atoms with E-state index in [0.717, 1.165) is 30.0 Å². The van der Waals surface area contributed by atoms with Crippen molar-refractivity contribution in [2.45, 2.75) is 26.4 Å². The summed E-state index contributed by atoms with van der Waals surface area (Å²) >= 11 is 0. The number of anilines is 2. The van der Waals surface area contributed by atoms with Crippen LogP contribution in [0.15, 0.2) is 30.6 Å². The van der Waals surface area contributed by atoms with E-state index in [4.69, 9.17) is 0 Å². The fourth-order valence-corrected chi connectivity index (χ4v) is 4.13. The highest BCUT2D eigenvalue weighted by molar-refractivity contribution is 5.92. The van der Waals surface area contributed by atoms with Crippen LogP contribution in [0, 0.1) is 10.1 Å². The Bertz CT molecular complexity index is 1040. The summed E-state index contributed by atoms with van der Waals surface area (Å²) in [4.78, 5) is 51.6. The van der Waals surface area contributed by atoms with Crippen LogP contribution in [0.2, 0.25) is 0 Å². The Balaban J connectivity index is 1.68. The fraction of sp³-hybridized carbons (Fsp3) is 0.429. The predicted octanol–water partition coefficient (Wildman–Crippen LogP) is 2.02. The summed E-state index contributed by atoms with van der Waals surface area (Å²) in [6.07, 6.45) is 2.34. The summed E-state index contributed by atoms with van der Waals surface area (Å²) in [6.45, 7) is 4.86. The van der Waals surface area contributed by atoms with Gasteiger partial charge in [-0.2, -0.15) is 0 Å². The SMILES string of the molecule is CC(=O)N1CCCN(c2ncnc3c2CN(c2ccc([N+](=O)[O-])cc2)C(=O)N(C)C3)CC1. The van der Waals surface area contributed by atoms with E-state index < -0.39 is 4.92 Å². The van der Waals surface area contributed by atoms with Crippen LogP contribution in [0.25, 0.3) is 0 Å². The predicted molar refractivity (Wildman–Crippen MR) is 117 cm³/mol. The van der Waals surface area contributed by atoms with Gasteiger partial charge in [-0.1, -0.05) is 0 Å². The normalized spacial score (nSPS) is 17.0. The molecule has 3 heterocycles. The zero-order chi connectivity index (χ0) is 22.8. The Kier molecular flexibility index (Phi) is 5.89. The van der Waals surface area contributed by atoms with Gasteiger partial charge in [0.2, 0.25) is 5.91 Å². The number of nitro benzene ring substituents is 1. The van der Waals surface area contributed by atoms with E-state index >= 15 is 0 Å². The number of non-ortho nitro benzene ring substituents is 1. The third kappa shape index (κ3) is 4.18. The van der Waals surface area contributed by atoms with Crippen LogP contribution in [0.1, 0.15) is 24.6 Å². The number of rotatable bonds is 3. The zero-order valence-electron chi connectivity index (χ0n) is 18.1. The van der Waals surface area contributed by atoms with Crippen molar-refractivity contribution in [3.05, 3.63) is 52.0 Å². The van der Waals surface area contributed by atoms with E-state index in [2.05, 4.69) is 14.9 Å². The Labute approximate surface area is 185 Å². The van der Waals surface area contributed by atoms with Gasteiger partial charge in [-0.25, -0.2) is 14.8 Å². The fourth-order valence-electron chi connectivity index (χ4n) is 4.13. The van der Waals surface area contributed by atoms with Crippen LogP contribution < -0.4 is 9.80 Å². The molecule has 0 saturated carbocycles. The number of hydrogen-bond acceptors (Lipinski definition) is 7. The Morgan fingerprint density at radius 2 is 1.81 bits per heavy atom. The maximum atomic E-state index is 13.1. The minimum atomic E-state index is -0.467. The van der Waals surface area contributed by atoms with Crippen molar-refractivity contribution in [3.63, 3.8) is 0 Å². The van der Waals surface area contributed by atoms with Gasteiger partial charge in [0.25, 0.3) is 5.69 Å². The Morgan fingerprint density at radius 3 is 2.50 bits per heavy atom. The van der Waals surface area contributed by atoms with Crippen molar-refractivity contribution in [3.8, 4) is 0 Å². The van der Waals surface area contributed by atoms with Gasteiger partial charge in [0, 0.05) is 63.5 Å². The molecule has 2 aliphatic heterocycles. The van der Waals surface area contributed by atoms with Gasteiger partial charge in [-0.15, -0.1) is 0 Å². The smallest absolute Gasteiger partial charge is 0.324 e. The summed E-state index contributed by atoms with van der Waals surface area (Å²) in [5, 5.41) is 11.0. The van der Waals surface area contributed by atoms with Crippen molar-refractivity contribution >= 4 is 29.1 Å². The summed E-state index contributed by atoms with van der Waals surface area (Å²) in [6, 6.07) is 5.72. The molecular formula is C21H25N7O4. The maximum Gasteiger partial charge on any atom is 0.324 e. The lowest BCUT2D eigenvalue weighted by atomic mass is 10.1. The van der Waals surface area contributed by atoms with Crippen molar-refractivity contribution in [1.82, 2.24) is 19.8 Å². The molecule has 2 aromatic rings. The molecule has 11 nitrogen and oxygen atoms in total. The van der Waals surface area contributed by atoms with Gasteiger partial charge in [-0.3, -0.25) is 19.8 Å². The molecule has 1 fully saturated rings. The van der Waals surface area contributed by atoms with Crippen LogP contribution in [0.3, 0.4) is 0 Å². The number of fused-ring (bicyclic) bond motifs is 1. The molecule has 1 aromatic carbocycles. The molecule has 0 unspecified atom stereocenters. The lowest BCUT2D eigenvalue weighted by Gasteiger charge is -2.27. The van der Waals surface area contributed by atoms with Gasteiger partial charge in [0.05, 0.1) is 23.7 Å². The largest absolute Gasteiger partial charge is 0.354 e. The van der Waals surface area contributed by atoms with Gasteiger partial charge < -0.3 is 14.7 Å². The standard InChI is InChI=1S/C21H25N7O4/c1-15(29)25-8-3-9-26(11-10-25)20-18-12-27(16-4-6-17(7-5-16)28(31)32)21(30)24(2)13-19(18)22-14-23-20/h4-7,14H,3,8-13H2,1-2H3. The number of carbonyl (C=O) groups is 2. The van der Waals surface area contributed by atoms with E-state index in [9.17, 15) is 19.7 Å². The van der Waals surface area contributed by atoms with Crippen molar-refractivity contribution in [2.75, 3.05) is 43.0 Å². The number of carbonyl (C=O) groups excluding carboxylic acids is 2. The maximum absolute atomic E-state index is 13.1. The minimum Gasteiger partial charge on any atom is -0.354 e. The van der Waals surface area contributed by atoms with Crippen LogP contribution in [0.5, 0.6) is 0 Å². The summed E-state index contributed by atoms with van der Waals surface area (Å²) in [5.74, 6) is 0.820. The van der Waals surface area contributed by atoms with Crippen LogP contribution in [-0.2, 0) is 17.9 Å². The molecule has 3 amide bonds. The molecule has 0 N–H and O–H groups in total. The minimum absolute atomic E-state index is 0.0339. The van der Waals surface area contributed by atoms with E-state index in [1.165, 1.54) is 18.5 Å². The third-order valence-corrected chi connectivity index (χ3v) is 5.89. The molecule has 168 valence electrons. The second kappa shape index (κ2) is 8.77. The molecular weight excluding hydrogens is 414 g/mol. The number of hydrogen-bond donors (Lipinski definition) is 0. The second-order valence-electron chi connectivity index (χ2n) is 7.97. The van der Waals surface area contributed by atoms with E-state index in [1.807, 2.05) is 4.90 Å². The quantitative estimate of drug-likeness (QED) is 0.531.